The SMILES string of the molecule is CC(=O)Nc1cccc(OCCNC(=O)N2CCCC(C)C2)c1. The lowest BCUT2D eigenvalue weighted by Crippen LogP contribution is -2.45. The molecule has 1 aliphatic heterocycles. The monoisotopic (exact) mass is 319 g/mol. The van der Waals surface area contributed by atoms with E-state index in [-0.39, 0.29) is 11.9 Å². The maximum absolute atomic E-state index is 12.0. The fraction of sp³-hybridized carbons (Fsp3) is 0.529. The summed E-state index contributed by atoms with van der Waals surface area (Å²) < 4.78 is 5.60. The van der Waals surface area contributed by atoms with Crippen LogP contribution in [-0.2, 0) is 4.79 Å². The summed E-state index contributed by atoms with van der Waals surface area (Å²) in [6.07, 6.45) is 2.26. The molecular weight excluding hydrogens is 294 g/mol. The number of rotatable bonds is 5. The van der Waals surface area contributed by atoms with Gasteiger partial charge in [0.25, 0.3) is 0 Å². The van der Waals surface area contributed by atoms with Crippen LogP contribution in [0.5, 0.6) is 5.75 Å². The van der Waals surface area contributed by atoms with Gasteiger partial charge in [-0.15, -0.1) is 0 Å². The molecular formula is C17H25N3O3. The summed E-state index contributed by atoms with van der Waals surface area (Å²) in [6.45, 7) is 6.13. The third-order valence-electron chi connectivity index (χ3n) is 3.75. The number of likely N-dealkylation sites (tertiary alicyclic amines) is 1. The fourth-order valence-corrected chi connectivity index (χ4v) is 2.68. The van der Waals surface area contributed by atoms with Gasteiger partial charge in [0.15, 0.2) is 0 Å². The van der Waals surface area contributed by atoms with E-state index in [1.54, 1.807) is 12.1 Å². The third kappa shape index (κ3) is 5.81. The summed E-state index contributed by atoms with van der Waals surface area (Å²) in [7, 11) is 0. The van der Waals surface area contributed by atoms with Crippen molar-refractivity contribution >= 4 is 17.6 Å². The van der Waals surface area contributed by atoms with Crippen LogP contribution in [0.3, 0.4) is 0 Å². The number of carbonyl (C=O) groups excluding carboxylic acids is 2. The Kier molecular flexibility index (Phi) is 6.26. The molecule has 1 heterocycles. The van der Waals surface area contributed by atoms with Gasteiger partial charge in [0, 0.05) is 31.8 Å². The second-order valence-corrected chi connectivity index (χ2v) is 5.98. The van der Waals surface area contributed by atoms with E-state index in [0.717, 1.165) is 19.5 Å². The van der Waals surface area contributed by atoms with Crippen molar-refractivity contribution < 1.29 is 14.3 Å². The van der Waals surface area contributed by atoms with Gasteiger partial charge in [-0.1, -0.05) is 13.0 Å². The molecule has 1 unspecified atom stereocenters. The van der Waals surface area contributed by atoms with Gasteiger partial charge in [0.2, 0.25) is 5.91 Å². The van der Waals surface area contributed by atoms with E-state index in [2.05, 4.69) is 17.6 Å². The number of anilines is 1. The molecule has 3 amide bonds. The highest BCUT2D eigenvalue weighted by atomic mass is 16.5. The molecule has 2 rings (SSSR count). The van der Waals surface area contributed by atoms with Gasteiger partial charge >= 0.3 is 6.03 Å². The van der Waals surface area contributed by atoms with Crippen molar-refractivity contribution in [1.29, 1.82) is 0 Å². The Bertz CT molecular complexity index is 548. The molecule has 2 N–H and O–H groups in total. The molecule has 0 saturated carbocycles. The highest BCUT2D eigenvalue weighted by Crippen LogP contribution is 2.17. The number of hydrogen-bond acceptors (Lipinski definition) is 3. The van der Waals surface area contributed by atoms with Gasteiger partial charge in [-0.05, 0) is 30.9 Å². The van der Waals surface area contributed by atoms with E-state index in [1.165, 1.54) is 13.3 Å². The third-order valence-corrected chi connectivity index (χ3v) is 3.75. The van der Waals surface area contributed by atoms with E-state index in [1.807, 2.05) is 17.0 Å². The Balaban J connectivity index is 1.70. The van der Waals surface area contributed by atoms with Gasteiger partial charge < -0.3 is 20.3 Å². The number of nitrogens with one attached hydrogen (secondary N) is 2. The zero-order chi connectivity index (χ0) is 16.7. The van der Waals surface area contributed by atoms with Gasteiger partial charge in [-0.2, -0.15) is 0 Å². The van der Waals surface area contributed by atoms with Crippen LogP contribution in [0.15, 0.2) is 24.3 Å². The number of urea groups is 1. The van der Waals surface area contributed by atoms with Crippen molar-refractivity contribution in [2.45, 2.75) is 26.7 Å². The van der Waals surface area contributed by atoms with Crippen LogP contribution in [0.4, 0.5) is 10.5 Å². The minimum Gasteiger partial charge on any atom is -0.492 e. The predicted molar refractivity (Wildman–Crippen MR) is 89.6 cm³/mol. The minimum absolute atomic E-state index is 0.0212. The van der Waals surface area contributed by atoms with Crippen molar-refractivity contribution in [2.75, 3.05) is 31.6 Å². The average Bonchev–Trinajstić information content (AvgIpc) is 2.51. The molecule has 1 saturated heterocycles. The summed E-state index contributed by atoms with van der Waals surface area (Å²) in [6, 6.07) is 7.17. The number of hydrogen-bond donors (Lipinski definition) is 2. The lowest BCUT2D eigenvalue weighted by Gasteiger charge is -2.30. The summed E-state index contributed by atoms with van der Waals surface area (Å²) in [5.74, 6) is 1.12. The molecule has 0 radical (unpaired) electrons. The number of carbonyl (C=O) groups is 2. The largest absolute Gasteiger partial charge is 0.492 e. The fourth-order valence-electron chi connectivity index (χ4n) is 2.68. The van der Waals surface area contributed by atoms with Crippen LogP contribution in [0.25, 0.3) is 0 Å². The van der Waals surface area contributed by atoms with E-state index in [9.17, 15) is 9.59 Å². The zero-order valence-electron chi connectivity index (χ0n) is 13.8. The molecule has 0 spiro atoms. The van der Waals surface area contributed by atoms with Crippen molar-refractivity contribution in [3.63, 3.8) is 0 Å². The van der Waals surface area contributed by atoms with Gasteiger partial charge in [-0.3, -0.25) is 4.79 Å². The van der Waals surface area contributed by atoms with Crippen molar-refractivity contribution in [3.8, 4) is 5.75 Å². The Morgan fingerprint density at radius 3 is 2.96 bits per heavy atom. The summed E-state index contributed by atoms with van der Waals surface area (Å²) in [5.41, 5.74) is 0.696. The first-order valence-corrected chi connectivity index (χ1v) is 8.08. The molecule has 126 valence electrons. The van der Waals surface area contributed by atoms with Crippen LogP contribution in [-0.4, -0.2) is 43.1 Å². The number of nitrogens with zero attached hydrogens (tertiary/aromatic N) is 1. The molecule has 1 fully saturated rings. The minimum atomic E-state index is -0.120. The standard InChI is InChI=1S/C17H25N3O3/c1-13-5-4-9-20(12-13)17(22)18-8-10-23-16-7-3-6-15(11-16)19-14(2)21/h3,6-7,11,13H,4-5,8-10,12H2,1-2H3,(H,18,22)(H,19,21). The molecule has 0 bridgehead atoms. The quantitative estimate of drug-likeness (QED) is 0.819. The van der Waals surface area contributed by atoms with Crippen molar-refractivity contribution in [1.82, 2.24) is 10.2 Å². The maximum atomic E-state index is 12.0. The predicted octanol–water partition coefficient (Wildman–Crippen LogP) is 2.47. The topological polar surface area (TPSA) is 70.7 Å². The molecule has 1 aromatic carbocycles. The molecule has 23 heavy (non-hydrogen) atoms. The number of piperidine rings is 1. The molecule has 0 aromatic heterocycles. The number of ether oxygens (including phenoxy) is 1. The first-order chi connectivity index (χ1) is 11.0. The van der Waals surface area contributed by atoms with Crippen LogP contribution in [0, 0.1) is 5.92 Å². The Hall–Kier alpha value is -2.24. The van der Waals surface area contributed by atoms with Gasteiger partial charge in [0.1, 0.15) is 12.4 Å². The van der Waals surface area contributed by atoms with Gasteiger partial charge in [0.05, 0.1) is 6.54 Å². The zero-order valence-corrected chi connectivity index (χ0v) is 13.8. The van der Waals surface area contributed by atoms with E-state index in [0.29, 0.717) is 30.5 Å². The molecule has 1 atom stereocenters. The summed E-state index contributed by atoms with van der Waals surface area (Å²) >= 11 is 0. The van der Waals surface area contributed by atoms with E-state index >= 15 is 0 Å². The molecule has 0 aliphatic carbocycles. The van der Waals surface area contributed by atoms with E-state index < -0.39 is 0 Å². The second-order valence-electron chi connectivity index (χ2n) is 5.98. The highest BCUT2D eigenvalue weighted by molar-refractivity contribution is 5.88. The first-order valence-electron chi connectivity index (χ1n) is 8.08. The Morgan fingerprint density at radius 2 is 2.22 bits per heavy atom. The van der Waals surface area contributed by atoms with Crippen LogP contribution in [0.1, 0.15) is 26.7 Å². The van der Waals surface area contributed by atoms with E-state index in [4.69, 9.17) is 4.74 Å². The number of amides is 3. The van der Waals surface area contributed by atoms with Crippen molar-refractivity contribution in [3.05, 3.63) is 24.3 Å². The van der Waals surface area contributed by atoms with Crippen LogP contribution >= 0.6 is 0 Å². The lowest BCUT2D eigenvalue weighted by molar-refractivity contribution is -0.114. The average molecular weight is 319 g/mol. The normalized spacial score (nSPS) is 17.5. The van der Waals surface area contributed by atoms with Crippen molar-refractivity contribution in [2.24, 2.45) is 5.92 Å². The second kappa shape index (κ2) is 8.41. The number of benzene rings is 1. The Morgan fingerprint density at radius 1 is 1.39 bits per heavy atom. The van der Waals surface area contributed by atoms with Gasteiger partial charge in [-0.25, -0.2) is 4.79 Å². The molecule has 6 nitrogen and oxygen atoms in total. The smallest absolute Gasteiger partial charge is 0.317 e. The molecule has 1 aromatic rings. The summed E-state index contributed by atoms with van der Waals surface area (Å²) in [5, 5.41) is 5.59. The lowest BCUT2D eigenvalue weighted by atomic mass is 10.0. The molecule has 6 heteroatoms. The first kappa shape index (κ1) is 17.1. The van der Waals surface area contributed by atoms with Crippen LogP contribution in [0.2, 0.25) is 0 Å². The molecule has 1 aliphatic rings. The van der Waals surface area contributed by atoms with Crippen LogP contribution < -0.4 is 15.4 Å². The maximum Gasteiger partial charge on any atom is 0.317 e. The summed E-state index contributed by atoms with van der Waals surface area (Å²) in [4.78, 5) is 24.9. The highest BCUT2D eigenvalue weighted by Gasteiger charge is 2.20. The Labute approximate surface area is 137 Å².